The van der Waals surface area contributed by atoms with Crippen LogP contribution < -0.4 is 10.6 Å². The van der Waals surface area contributed by atoms with E-state index >= 15 is 0 Å². The van der Waals surface area contributed by atoms with Crippen molar-refractivity contribution in [2.75, 3.05) is 13.7 Å². The molecule has 0 saturated carbocycles. The van der Waals surface area contributed by atoms with E-state index in [-0.39, 0.29) is 18.1 Å². The summed E-state index contributed by atoms with van der Waals surface area (Å²) in [5, 5.41) is 16.0. The molecule has 7 heteroatoms. The Bertz CT molecular complexity index is 773. The van der Waals surface area contributed by atoms with E-state index in [0.29, 0.717) is 34.6 Å². The number of aliphatic hydroxyl groups is 1. The number of hydrogen-bond donors (Lipinski definition) is 3. The molecule has 0 bridgehead atoms. The smallest absolute Gasteiger partial charge is 0.180 e. The van der Waals surface area contributed by atoms with Crippen LogP contribution in [0.2, 0.25) is 0 Å². The lowest BCUT2D eigenvalue weighted by atomic mass is 10.1. The molecule has 0 unspecified atom stereocenters. The molecular formula is C15H15FN4O2. The lowest BCUT2D eigenvalue weighted by Gasteiger charge is -2.19. The van der Waals surface area contributed by atoms with Crippen molar-refractivity contribution >= 4 is 11.0 Å². The zero-order chi connectivity index (χ0) is 15.5. The third kappa shape index (κ3) is 2.65. The zero-order valence-corrected chi connectivity index (χ0v) is 11.9. The summed E-state index contributed by atoms with van der Waals surface area (Å²) in [7, 11) is 1.48. The molecule has 0 saturated heterocycles. The van der Waals surface area contributed by atoms with Crippen molar-refractivity contribution in [1.29, 1.82) is 0 Å². The van der Waals surface area contributed by atoms with Gasteiger partial charge in [0.15, 0.2) is 11.5 Å². The van der Waals surface area contributed by atoms with E-state index in [1.54, 1.807) is 18.5 Å². The second-order valence-electron chi connectivity index (χ2n) is 4.76. The zero-order valence-electron chi connectivity index (χ0n) is 11.9. The number of aromatic nitrogens is 2. The molecule has 22 heavy (non-hydrogen) atoms. The first-order valence-electron chi connectivity index (χ1n) is 6.72. The van der Waals surface area contributed by atoms with Gasteiger partial charge in [0.05, 0.1) is 30.4 Å². The fraction of sp³-hybridized carbons (Fsp3) is 0.200. The first kappa shape index (κ1) is 14.1. The van der Waals surface area contributed by atoms with Crippen LogP contribution in [0.25, 0.3) is 11.0 Å². The fourth-order valence-electron chi connectivity index (χ4n) is 2.21. The van der Waals surface area contributed by atoms with Crippen molar-refractivity contribution in [2.45, 2.75) is 6.54 Å². The van der Waals surface area contributed by atoms with Crippen LogP contribution in [0.1, 0.15) is 5.56 Å². The van der Waals surface area contributed by atoms with Gasteiger partial charge in [-0.1, -0.05) is 0 Å². The molecule has 2 heterocycles. The van der Waals surface area contributed by atoms with E-state index in [1.807, 2.05) is 0 Å². The number of methoxy groups -OCH3 is 1. The average molecular weight is 302 g/mol. The van der Waals surface area contributed by atoms with Gasteiger partial charge in [0.25, 0.3) is 0 Å². The Morgan fingerprint density at radius 1 is 1.32 bits per heavy atom. The molecular weight excluding hydrogens is 287 g/mol. The lowest BCUT2D eigenvalue weighted by Crippen LogP contribution is -2.26. The molecule has 1 aromatic heterocycles. The van der Waals surface area contributed by atoms with Crippen molar-refractivity contribution < 1.29 is 14.2 Å². The van der Waals surface area contributed by atoms with Gasteiger partial charge in [0.1, 0.15) is 5.82 Å². The Labute approximate surface area is 126 Å². The quantitative estimate of drug-likeness (QED) is 0.798. The summed E-state index contributed by atoms with van der Waals surface area (Å²) in [6.45, 7) is 0.611. The van der Waals surface area contributed by atoms with Crippen LogP contribution in [-0.2, 0) is 11.3 Å². The van der Waals surface area contributed by atoms with Crippen molar-refractivity contribution in [3.05, 3.63) is 59.3 Å². The van der Waals surface area contributed by atoms with Gasteiger partial charge in [-0.2, -0.15) is 0 Å². The number of halogens is 1. The number of fused-ring (bicyclic) bond motifs is 1. The van der Waals surface area contributed by atoms with Crippen LogP contribution in [0.4, 0.5) is 4.39 Å². The molecule has 3 rings (SSSR count). The molecule has 2 aromatic rings. The van der Waals surface area contributed by atoms with Gasteiger partial charge >= 0.3 is 0 Å². The van der Waals surface area contributed by atoms with Crippen LogP contribution in [0, 0.1) is 5.82 Å². The lowest BCUT2D eigenvalue weighted by molar-refractivity contribution is 0.244. The van der Waals surface area contributed by atoms with Crippen LogP contribution in [0.5, 0.6) is 0 Å². The summed E-state index contributed by atoms with van der Waals surface area (Å²) < 4.78 is 19.1. The third-order valence-electron chi connectivity index (χ3n) is 3.38. The number of nitrogens with zero attached hydrogens (tertiary/aromatic N) is 2. The highest BCUT2D eigenvalue weighted by atomic mass is 19.1. The van der Waals surface area contributed by atoms with E-state index in [9.17, 15) is 9.50 Å². The van der Waals surface area contributed by atoms with E-state index in [2.05, 4.69) is 20.6 Å². The predicted octanol–water partition coefficient (Wildman–Crippen LogP) is 1.72. The van der Waals surface area contributed by atoms with Gasteiger partial charge in [0.2, 0.25) is 0 Å². The third-order valence-corrected chi connectivity index (χ3v) is 3.38. The number of dihydropyridines is 1. The van der Waals surface area contributed by atoms with Crippen molar-refractivity contribution in [3.8, 4) is 0 Å². The molecule has 114 valence electrons. The monoisotopic (exact) mass is 302 g/mol. The normalized spacial score (nSPS) is 14.5. The first-order chi connectivity index (χ1) is 10.7. The topological polar surface area (TPSA) is 79.3 Å². The van der Waals surface area contributed by atoms with Crippen molar-refractivity contribution in [3.63, 3.8) is 0 Å². The molecule has 1 aromatic carbocycles. The number of hydrogen-bond acceptors (Lipinski definition) is 6. The van der Waals surface area contributed by atoms with Crippen LogP contribution in [-0.4, -0.2) is 28.7 Å². The minimum Gasteiger partial charge on any atom is -0.503 e. The highest BCUT2D eigenvalue weighted by Crippen LogP contribution is 2.18. The van der Waals surface area contributed by atoms with Gasteiger partial charge in [0, 0.05) is 36.8 Å². The summed E-state index contributed by atoms with van der Waals surface area (Å²) in [5.41, 5.74) is 2.01. The molecule has 0 aliphatic carbocycles. The van der Waals surface area contributed by atoms with E-state index in [0.717, 1.165) is 0 Å². The largest absolute Gasteiger partial charge is 0.503 e. The molecule has 3 N–H and O–H groups in total. The average Bonchev–Trinajstić information content (AvgIpc) is 2.54. The standard InChI is InChI=1S/C15H15FN4O2/c1-22-14-8-17-7-13(15(14)21)20-6-9-4-11-12(5-10(9)16)19-3-2-18-11/h2-5,7,17,20-21H,6,8H2,1H3. The number of rotatable bonds is 4. The number of ether oxygens (including phenoxy) is 1. The molecule has 0 spiro atoms. The van der Waals surface area contributed by atoms with Crippen molar-refractivity contribution in [1.82, 2.24) is 20.6 Å². The van der Waals surface area contributed by atoms with Crippen LogP contribution in [0.15, 0.2) is 47.9 Å². The maximum absolute atomic E-state index is 14.1. The predicted molar refractivity (Wildman–Crippen MR) is 79.1 cm³/mol. The van der Waals surface area contributed by atoms with Gasteiger partial charge in [-0.3, -0.25) is 9.97 Å². The highest BCUT2D eigenvalue weighted by Gasteiger charge is 2.16. The number of nitrogens with one attached hydrogen (secondary N) is 2. The van der Waals surface area contributed by atoms with E-state index in [1.165, 1.54) is 19.4 Å². The molecule has 0 atom stereocenters. The Kier molecular flexibility index (Phi) is 3.78. The van der Waals surface area contributed by atoms with Gasteiger partial charge in [-0.25, -0.2) is 4.39 Å². The van der Waals surface area contributed by atoms with Crippen LogP contribution in [0.3, 0.4) is 0 Å². The Morgan fingerprint density at radius 3 is 2.77 bits per heavy atom. The maximum atomic E-state index is 14.1. The molecule has 6 nitrogen and oxygen atoms in total. The number of aliphatic hydroxyl groups excluding tert-OH is 1. The second-order valence-corrected chi connectivity index (χ2v) is 4.76. The Balaban J connectivity index is 1.81. The first-order valence-corrected chi connectivity index (χ1v) is 6.72. The summed E-state index contributed by atoms with van der Waals surface area (Å²) in [6.07, 6.45) is 4.70. The summed E-state index contributed by atoms with van der Waals surface area (Å²) in [4.78, 5) is 8.21. The summed E-state index contributed by atoms with van der Waals surface area (Å²) in [6, 6.07) is 2.99. The SMILES string of the molecule is COC1=C(O)C(NCc2cc3nccnc3cc2F)=CNC1. The molecule has 0 radical (unpaired) electrons. The summed E-state index contributed by atoms with van der Waals surface area (Å²) >= 11 is 0. The molecule has 0 fully saturated rings. The Morgan fingerprint density at radius 2 is 2.05 bits per heavy atom. The van der Waals surface area contributed by atoms with Crippen molar-refractivity contribution in [2.24, 2.45) is 0 Å². The van der Waals surface area contributed by atoms with Gasteiger partial charge in [-0.05, 0) is 6.07 Å². The maximum Gasteiger partial charge on any atom is 0.180 e. The van der Waals surface area contributed by atoms with Crippen LogP contribution >= 0.6 is 0 Å². The van der Waals surface area contributed by atoms with Gasteiger partial charge in [-0.15, -0.1) is 0 Å². The summed E-state index contributed by atoms with van der Waals surface area (Å²) in [5.74, 6) is 0.0670. The fourth-order valence-corrected chi connectivity index (χ4v) is 2.21. The minimum absolute atomic E-state index is 0.0160. The van der Waals surface area contributed by atoms with E-state index in [4.69, 9.17) is 4.74 Å². The Hall–Kier alpha value is -2.83. The molecule has 1 aliphatic heterocycles. The van der Waals surface area contributed by atoms with Gasteiger partial charge < -0.3 is 20.5 Å². The minimum atomic E-state index is -0.375. The molecule has 0 amide bonds. The second kappa shape index (κ2) is 5.88. The molecule has 1 aliphatic rings. The highest BCUT2D eigenvalue weighted by molar-refractivity contribution is 5.74. The van der Waals surface area contributed by atoms with E-state index < -0.39 is 0 Å². The number of benzene rings is 1.